The Labute approximate surface area is 199 Å². The zero-order valence-electron chi connectivity index (χ0n) is 18.5. The van der Waals surface area contributed by atoms with Gasteiger partial charge in [-0.2, -0.15) is 4.31 Å². The molecule has 34 heavy (non-hydrogen) atoms. The van der Waals surface area contributed by atoms with Gasteiger partial charge in [-0.15, -0.1) is 0 Å². The van der Waals surface area contributed by atoms with Crippen LogP contribution in [0.4, 0.5) is 17.1 Å². The molecule has 3 aromatic rings. The molecular weight excluding hydrogens is 452 g/mol. The Morgan fingerprint density at radius 1 is 0.765 bits per heavy atom. The average Bonchev–Trinajstić information content (AvgIpc) is 3.40. The van der Waals surface area contributed by atoms with Crippen molar-refractivity contribution in [1.82, 2.24) is 4.31 Å². The number of amides is 2. The Hall–Kier alpha value is -3.69. The summed E-state index contributed by atoms with van der Waals surface area (Å²) in [4.78, 5) is 25.3. The van der Waals surface area contributed by atoms with Gasteiger partial charge in [0.1, 0.15) is 0 Å². The fourth-order valence-electron chi connectivity index (χ4n) is 3.72. The number of nitrogens with one attached hydrogen (secondary N) is 3. The van der Waals surface area contributed by atoms with Crippen molar-refractivity contribution in [3.05, 3.63) is 84.4 Å². The molecule has 0 aromatic heterocycles. The quantitative estimate of drug-likeness (QED) is 0.457. The van der Waals surface area contributed by atoms with Gasteiger partial charge in [0.25, 0.3) is 5.91 Å². The first-order valence-electron chi connectivity index (χ1n) is 11.0. The Bertz CT molecular complexity index is 1260. The van der Waals surface area contributed by atoms with Crippen molar-refractivity contribution in [2.45, 2.75) is 17.7 Å². The van der Waals surface area contributed by atoms with Gasteiger partial charge in [-0.1, -0.05) is 30.3 Å². The van der Waals surface area contributed by atoms with E-state index in [4.69, 9.17) is 0 Å². The lowest BCUT2D eigenvalue weighted by atomic mass is 10.1. The number of nitrogens with zero attached hydrogens (tertiary/aromatic N) is 1. The van der Waals surface area contributed by atoms with Gasteiger partial charge in [-0.3, -0.25) is 9.59 Å². The minimum Gasteiger partial charge on any atom is -0.376 e. The largest absolute Gasteiger partial charge is 0.376 e. The lowest BCUT2D eigenvalue weighted by Crippen LogP contribution is -2.27. The minimum atomic E-state index is -3.50. The summed E-state index contributed by atoms with van der Waals surface area (Å²) in [5.74, 6) is -0.613. The summed E-state index contributed by atoms with van der Waals surface area (Å²) in [7, 11) is -3.50. The van der Waals surface area contributed by atoms with E-state index in [1.165, 1.54) is 16.4 Å². The second kappa shape index (κ2) is 10.5. The molecule has 0 saturated carbocycles. The van der Waals surface area contributed by atoms with Crippen LogP contribution in [0.5, 0.6) is 0 Å². The predicted octanol–water partition coefficient (Wildman–Crippen LogP) is 3.77. The second-order valence-corrected chi connectivity index (χ2v) is 9.84. The maximum absolute atomic E-state index is 12.7. The van der Waals surface area contributed by atoms with Crippen LogP contribution < -0.4 is 16.0 Å². The molecule has 0 bridgehead atoms. The van der Waals surface area contributed by atoms with Gasteiger partial charge in [0.05, 0.1) is 17.0 Å². The van der Waals surface area contributed by atoms with Gasteiger partial charge in [-0.05, 0) is 61.4 Å². The summed E-state index contributed by atoms with van der Waals surface area (Å²) in [5, 5.41) is 8.57. The van der Waals surface area contributed by atoms with Crippen LogP contribution in [0.25, 0.3) is 0 Å². The van der Waals surface area contributed by atoms with Crippen molar-refractivity contribution < 1.29 is 18.0 Å². The summed E-state index contributed by atoms with van der Waals surface area (Å²) in [6.45, 7) is 1.01. The Morgan fingerprint density at radius 2 is 1.38 bits per heavy atom. The highest BCUT2D eigenvalue weighted by Gasteiger charge is 2.26. The zero-order valence-corrected chi connectivity index (χ0v) is 19.3. The molecule has 2 amide bonds. The molecule has 1 fully saturated rings. The van der Waals surface area contributed by atoms with Gasteiger partial charge in [0.2, 0.25) is 15.9 Å². The van der Waals surface area contributed by atoms with Crippen LogP contribution in [-0.2, 0) is 14.8 Å². The van der Waals surface area contributed by atoms with E-state index in [1.54, 1.807) is 48.5 Å². The third kappa shape index (κ3) is 5.62. The van der Waals surface area contributed by atoms with Gasteiger partial charge in [-0.25, -0.2) is 8.42 Å². The van der Waals surface area contributed by atoms with Gasteiger partial charge >= 0.3 is 0 Å². The number of rotatable bonds is 8. The van der Waals surface area contributed by atoms with Crippen LogP contribution >= 0.6 is 0 Å². The van der Waals surface area contributed by atoms with Crippen molar-refractivity contribution in [2.24, 2.45) is 0 Å². The van der Waals surface area contributed by atoms with E-state index >= 15 is 0 Å². The summed E-state index contributed by atoms with van der Waals surface area (Å²) < 4.78 is 26.7. The molecule has 1 saturated heterocycles. The summed E-state index contributed by atoms with van der Waals surface area (Å²) in [6.07, 6.45) is 1.74. The van der Waals surface area contributed by atoms with E-state index in [9.17, 15) is 18.0 Å². The topological polar surface area (TPSA) is 108 Å². The third-order valence-corrected chi connectivity index (χ3v) is 7.40. The van der Waals surface area contributed by atoms with E-state index in [1.807, 2.05) is 18.2 Å². The van der Waals surface area contributed by atoms with Crippen molar-refractivity contribution in [2.75, 3.05) is 35.6 Å². The van der Waals surface area contributed by atoms with Crippen LogP contribution in [-0.4, -0.2) is 44.2 Å². The molecule has 9 heteroatoms. The summed E-state index contributed by atoms with van der Waals surface area (Å²) in [6, 6.07) is 22.2. The monoisotopic (exact) mass is 478 g/mol. The zero-order chi connectivity index (χ0) is 24.0. The van der Waals surface area contributed by atoms with E-state index in [0.29, 0.717) is 35.7 Å². The molecule has 0 spiro atoms. The number of carbonyl (C=O) groups excluding carboxylic acids is 2. The van der Waals surface area contributed by atoms with Gasteiger partial charge in [0, 0.05) is 30.2 Å². The fraction of sp³-hybridized carbons (Fsp3) is 0.200. The molecular formula is C25H26N4O4S. The Kier molecular flexibility index (Phi) is 7.24. The Balaban J connectivity index is 1.35. The van der Waals surface area contributed by atoms with Crippen LogP contribution in [0.15, 0.2) is 83.8 Å². The average molecular weight is 479 g/mol. The van der Waals surface area contributed by atoms with E-state index in [0.717, 1.165) is 12.8 Å². The van der Waals surface area contributed by atoms with Crippen molar-refractivity contribution >= 4 is 38.9 Å². The summed E-state index contributed by atoms with van der Waals surface area (Å²) in [5.41, 5.74) is 2.10. The minimum absolute atomic E-state index is 0.0660. The smallest absolute Gasteiger partial charge is 0.257 e. The van der Waals surface area contributed by atoms with E-state index in [-0.39, 0.29) is 23.3 Å². The SMILES string of the molecule is O=C(CNc1ccccc1C(=O)Nc1ccccc1)Nc1ccc(S(=O)(=O)N2CCCC2)cc1. The highest BCUT2D eigenvalue weighted by molar-refractivity contribution is 7.89. The molecule has 4 rings (SSSR count). The number of hydrogen-bond donors (Lipinski definition) is 3. The molecule has 0 unspecified atom stereocenters. The molecule has 0 atom stereocenters. The van der Waals surface area contributed by atoms with Crippen molar-refractivity contribution in [3.8, 4) is 0 Å². The molecule has 1 aliphatic rings. The van der Waals surface area contributed by atoms with E-state index in [2.05, 4.69) is 16.0 Å². The molecule has 1 heterocycles. The molecule has 1 aliphatic heterocycles. The highest BCUT2D eigenvalue weighted by Crippen LogP contribution is 2.22. The first-order valence-corrected chi connectivity index (χ1v) is 12.5. The lowest BCUT2D eigenvalue weighted by Gasteiger charge is -2.16. The Morgan fingerprint density at radius 3 is 2.09 bits per heavy atom. The summed E-state index contributed by atoms with van der Waals surface area (Å²) >= 11 is 0. The number of benzene rings is 3. The first-order chi connectivity index (χ1) is 16.4. The standard InChI is InChI=1S/C25H26N4O4S/c30-24(27-20-12-14-21(15-13-20)34(32,33)29-16-6-7-17-29)18-26-23-11-5-4-10-22(23)25(31)28-19-8-2-1-3-9-19/h1-5,8-15,26H,6-7,16-18H2,(H,27,30)(H,28,31). The molecule has 8 nitrogen and oxygen atoms in total. The lowest BCUT2D eigenvalue weighted by molar-refractivity contribution is -0.114. The molecule has 0 aliphatic carbocycles. The third-order valence-electron chi connectivity index (χ3n) is 5.48. The number of sulfonamides is 1. The van der Waals surface area contributed by atoms with Crippen molar-refractivity contribution in [3.63, 3.8) is 0 Å². The molecule has 176 valence electrons. The molecule has 0 radical (unpaired) electrons. The predicted molar refractivity (Wildman–Crippen MR) is 132 cm³/mol. The van der Waals surface area contributed by atoms with Crippen LogP contribution in [0.2, 0.25) is 0 Å². The van der Waals surface area contributed by atoms with Crippen molar-refractivity contribution in [1.29, 1.82) is 0 Å². The van der Waals surface area contributed by atoms with E-state index < -0.39 is 10.0 Å². The molecule has 3 N–H and O–H groups in total. The fourth-order valence-corrected chi connectivity index (χ4v) is 5.24. The second-order valence-electron chi connectivity index (χ2n) is 7.90. The first kappa shape index (κ1) is 23.5. The van der Waals surface area contributed by atoms with Gasteiger partial charge in [0.15, 0.2) is 0 Å². The van der Waals surface area contributed by atoms with Crippen LogP contribution in [0, 0.1) is 0 Å². The number of carbonyl (C=O) groups is 2. The maximum atomic E-state index is 12.7. The highest BCUT2D eigenvalue weighted by atomic mass is 32.2. The van der Waals surface area contributed by atoms with Crippen LogP contribution in [0.3, 0.4) is 0 Å². The molecule has 3 aromatic carbocycles. The van der Waals surface area contributed by atoms with Crippen LogP contribution in [0.1, 0.15) is 23.2 Å². The normalized spacial score (nSPS) is 13.9. The number of para-hydroxylation sites is 2. The number of hydrogen-bond acceptors (Lipinski definition) is 5. The van der Waals surface area contributed by atoms with Gasteiger partial charge < -0.3 is 16.0 Å². The maximum Gasteiger partial charge on any atom is 0.257 e. The number of anilines is 3.